The first-order valence-electron chi connectivity index (χ1n) is 0.494. The minimum absolute atomic E-state index is 0. The second-order valence-electron chi connectivity index (χ2n) is 0.105. The zero-order valence-electron chi connectivity index (χ0n) is 2.43. The summed E-state index contributed by atoms with van der Waals surface area (Å²) in [4.78, 5) is 8.36. The Labute approximate surface area is 72.0 Å². The van der Waals surface area contributed by atoms with Crippen LogP contribution in [0.4, 0.5) is 0 Å². The first kappa shape index (κ1) is 28.7. The van der Waals surface area contributed by atoms with E-state index in [1.165, 1.54) is 0 Å². The van der Waals surface area contributed by atoms with Crippen LogP contribution in [0.25, 0.3) is 0 Å². The second kappa shape index (κ2) is 39.8. The molecule has 0 unspecified atom stereocenters. The maximum absolute atomic E-state index is 8.36. The molecule has 5 heteroatoms. The number of carbonyl (C=O) groups is 1. The normalized spacial score (nSPS) is 2.00. The zero-order chi connectivity index (χ0) is 2.71. The molecule has 0 aromatic rings. The summed E-state index contributed by atoms with van der Waals surface area (Å²) in [6, 6.07) is 0. The van der Waals surface area contributed by atoms with E-state index in [-0.39, 0.29) is 62.9 Å². The molecule has 0 bridgehead atoms. The molecule has 0 heterocycles. The first-order chi connectivity index (χ1) is 1.41. The van der Waals surface area contributed by atoms with Crippen molar-refractivity contribution in [3.05, 3.63) is 0 Å². The fraction of sp³-hybridized carbons (Fsp3) is 0. The second-order valence-corrected chi connectivity index (χ2v) is 0.105. The van der Waals surface area contributed by atoms with Crippen molar-refractivity contribution in [2.45, 2.75) is 0 Å². The molecule has 0 aliphatic rings. The average Bonchev–Trinajstić information content (AvgIpc) is 0.918. The quantitative estimate of drug-likeness (QED) is 0.313. The molecule has 0 saturated heterocycles. The van der Waals surface area contributed by atoms with Crippen LogP contribution in [0.5, 0.6) is 0 Å². The third kappa shape index (κ3) is 96.3. The number of carboxylic acid groups (broad SMARTS) is 1. The molecule has 0 amide bonds. The Morgan fingerprint density at radius 2 is 1.33 bits per heavy atom. The van der Waals surface area contributed by atoms with Crippen LogP contribution in [0.15, 0.2) is 0 Å². The standard InChI is InChI=1S/CH2O2.2H2O.Sr.2H/c2-1-3;;;;;/h1H,(H,2,3);2*1H2;;;. The topological polar surface area (TPSA) is 100 Å². The molecule has 0 atom stereocenters. The maximum atomic E-state index is 8.36. The molecule has 0 rings (SSSR count). The molecule has 0 saturated carbocycles. The summed E-state index contributed by atoms with van der Waals surface area (Å²) in [5.74, 6) is 0. The van der Waals surface area contributed by atoms with Crippen LogP contribution in [0.3, 0.4) is 0 Å². The Hall–Kier alpha value is 0.871. The summed E-state index contributed by atoms with van der Waals surface area (Å²) in [5.41, 5.74) is 0. The summed E-state index contributed by atoms with van der Waals surface area (Å²) in [6.45, 7) is -0.250. The van der Waals surface area contributed by atoms with Crippen LogP contribution >= 0.6 is 0 Å². The summed E-state index contributed by atoms with van der Waals surface area (Å²) in [5, 5.41) is 6.89. The number of rotatable bonds is 0. The van der Waals surface area contributed by atoms with E-state index in [9.17, 15) is 0 Å². The molecule has 0 spiro atoms. The van der Waals surface area contributed by atoms with E-state index in [1.54, 1.807) is 0 Å². The van der Waals surface area contributed by atoms with Crippen LogP contribution in [0, 0.1) is 0 Å². The molecule has 0 radical (unpaired) electrons. The van der Waals surface area contributed by atoms with Crippen LogP contribution in [-0.2, 0) is 4.79 Å². The van der Waals surface area contributed by atoms with Gasteiger partial charge in [0.05, 0.1) is 0 Å². The van der Waals surface area contributed by atoms with E-state index in [2.05, 4.69) is 0 Å². The molecular weight excluding hydrogens is 164 g/mol. The molecule has 0 aliphatic carbocycles. The molecular formula is CH8O4Sr. The Bertz CT molecular complexity index is 15.0. The summed E-state index contributed by atoms with van der Waals surface area (Å²) < 4.78 is 0. The van der Waals surface area contributed by atoms with Crippen molar-refractivity contribution < 1.29 is 20.9 Å². The van der Waals surface area contributed by atoms with Gasteiger partial charge in [0.2, 0.25) is 0 Å². The zero-order valence-corrected chi connectivity index (χ0v) is 2.43. The Balaban J connectivity index is -0.00000000667. The predicted octanol–water partition coefficient (Wildman–Crippen LogP) is -2.86. The molecule has 0 aromatic heterocycles. The molecule has 0 aliphatic heterocycles. The van der Waals surface area contributed by atoms with Gasteiger partial charge in [-0.25, -0.2) is 0 Å². The van der Waals surface area contributed by atoms with Crippen molar-refractivity contribution in [2.75, 3.05) is 0 Å². The third-order valence-corrected chi connectivity index (χ3v) is 0. The molecule has 0 aromatic carbocycles. The fourth-order valence-electron chi connectivity index (χ4n) is 0. The van der Waals surface area contributed by atoms with Crippen molar-refractivity contribution in [3.8, 4) is 0 Å². The van der Waals surface area contributed by atoms with Gasteiger partial charge in [-0.15, -0.1) is 0 Å². The summed E-state index contributed by atoms with van der Waals surface area (Å²) >= 11 is 0. The Morgan fingerprint density at radius 3 is 1.33 bits per heavy atom. The van der Waals surface area contributed by atoms with Gasteiger partial charge >= 0.3 is 45.5 Å². The van der Waals surface area contributed by atoms with Crippen LogP contribution < -0.4 is 0 Å². The van der Waals surface area contributed by atoms with Crippen molar-refractivity contribution in [1.82, 2.24) is 0 Å². The van der Waals surface area contributed by atoms with E-state index < -0.39 is 0 Å². The first-order valence-corrected chi connectivity index (χ1v) is 0.494. The molecule has 38 valence electrons. The van der Waals surface area contributed by atoms with Crippen molar-refractivity contribution >= 4 is 52.0 Å². The Morgan fingerprint density at radius 1 is 1.33 bits per heavy atom. The number of hydrogen-bond donors (Lipinski definition) is 1. The van der Waals surface area contributed by atoms with Crippen molar-refractivity contribution in [3.63, 3.8) is 0 Å². The predicted molar refractivity (Wildman–Crippen MR) is 24.5 cm³/mol. The van der Waals surface area contributed by atoms with Crippen LogP contribution in [-0.4, -0.2) is 68.0 Å². The monoisotopic (exact) mass is 172 g/mol. The van der Waals surface area contributed by atoms with E-state index >= 15 is 0 Å². The molecule has 4 nitrogen and oxygen atoms in total. The minimum atomic E-state index is -0.250. The van der Waals surface area contributed by atoms with Crippen LogP contribution in [0.1, 0.15) is 0 Å². The molecule has 0 fully saturated rings. The van der Waals surface area contributed by atoms with Gasteiger partial charge < -0.3 is 16.1 Å². The van der Waals surface area contributed by atoms with E-state index in [0.29, 0.717) is 0 Å². The van der Waals surface area contributed by atoms with E-state index in [4.69, 9.17) is 9.90 Å². The van der Waals surface area contributed by atoms with Crippen LogP contribution in [0.2, 0.25) is 0 Å². The van der Waals surface area contributed by atoms with Crippen molar-refractivity contribution in [1.29, 1.82) is 0 Å². The van der Waals surface area contributed by atoms with E-state index in [0.717, 1.165) is 0 Å². The molecule has 6 heavy (non-hydrogen) atoms. The van der Waals surface area contributed by atoms with Gasteiger partial charge in [-0.05, 0) is 0 Å². The Kier molecular flexibility index (Phi) is 191. The van der Waals surface area contributed by atoms with E-state index in [1.807, 2.05) is 0 Å². The van der Waals surface area contributed by atoms with Gasteiger partial charge in [0.25, 0.3) is 6.47 Å². The molecule has 5 N–H and O–H groups in total. The van der Waals surface area contributed by atoms with Gasteiger partial charge in [0.1, 0.15) is 0 Å². The summed E-state index contributed by atoms with van der Waals surface area (Å²) in [6.07, 6.45) is 0. The van der Waals surface area contributed by atoms with Gasteiger partial charge in [0, 0.05) is 0 Å². The summed E-state index contributed by atoms with van der Waals surface area (Å²) in [7, 11) is 0. The van der Waals surface area contributed by atoms with Crippen molar-refractivity contribution in [2.24, 2.45) is 0 Å². The third-order valence-electron chi connectivity index (χ3n) is 0. The van der Waals surface area contributed by atoms with Gasteiger partial charge in [-0.3, -0.25) is 4.79 Å². The van der Waals surface area contributed by atoms with Gasteiger partial charge in [-0.2, -0.15) is 0 Å². The SMILES string of the molecule is O.O.O=CO.[SrH2]. The van der Waals surface area contributed by atoms with Gasteiger partial charge in [-0.1, -0.05) is 0 Å². The van der Waals surface area contributed by atoms with Gasteiger partial charge in [0.15, 0.2) is 0 Å². The average molecular weight is 172 g/mol. The number of hydrogen-bond acceptors (Lipinski definition) is 1. The fourth-order valence-corrected chi connectivity index (χ4v) is 0.